The van der Waals surface area contributed by atoms with Crippen LogP contribution in [0, 0.1) is 6.92 Å². The molecule has 3 aromatic rings. The predicted octanol–water partition coefficient (Wildman–Crippen LogP) is 5.49. The Bertz CT molecular complexity index is 1340. The van der Waals surface area contributed by atoms with Gasteiger partial charge in [0.15, 0.2) is 0 Å². The highest BCUT2D eigenvalue weighted by Gasteiger charge is 2.30. The van der Waals surface area contributed by atoms with Crippen molar-refractivity contribution in [3.05, 3.63) is 92.9 Å². The summed E-state index contributed by atoms with van der Waals surface area (Å²) in [6, 6.07) is 19.0. The van der Waals surface area contributed by atoms with Crippen molar-refractivity contribution in [2.75, 3.05) is 37.6 Å². The van der Waals surface area contributed by atoms with E-state index >= 15 is 0 Å². The molecule has 3 aromatic carbocycles. The van der Waals surface area contributed by atoms with Gasteiger partial charge in [-0.05, 0) is 55.0 Å². The summed E-state index contributed by atoms with van der Waals surface area (Å²) in [4.78, 5) is 17.3. The summed E-state index contributed by atoms with van der Waals surface area (Å²) in [6.07, 6.45) is 0. The summed E-state index contributed by atoms with van der Waals surface area (Å²) in [5.41, 5.74) is 2.50. The minimum absolute atomic E-state index is 0.0551. The first kappa shape index (κ1) is 26.8. The third-order valence-corrected chi connectivity index (χ3v) is 8.77. The zero-order valence-corrected chi connectivity index (χ0v) is 22.8. The maximum absolute atomic E-state index is 13.6. The summed E-state index contributed by atoms with van der Waals surface area (Å²) in [6.45, 7) is 3.73. The first-order valence-corrected chi connectivity index (χ1v) is 14.0. The Labute approximate surface area is 227 Å². The highest BCUT2D eigenvalue weighted by Crippen LogP contribution is 2.26. The number of piperazine rings is 1. The van der Waals surface area contributed by atoms with Crippen LogP contribution in [0.15, 0.2) is 71.6 Å². The van der Waals surface area contributed by atoms with Crippen LogP contribution in [0.25, 0.3) is 0 Å². The van der Waals surface area contributed by atoms with Gasteiger partial charge in [0.25, 0.3) is 0 Å². The van der Waals surface area contributed by atoms with E-state index in [4.69, 9.17) is 34.8 Å². The van der Waals surface area contributed by atoms with Gasteiger partial charge >= 0.3 is 0 Å². The first-order chi connectivity index (χ1) is 17.1. The summed E-state index contributed by atoms with van der Waals surface area (Å²) in [5.74, 6) is -0.262. The van der Waals surface area contributed by atoms with Crippen molar-refractivity contribution in [1.82, 2.24) is 9.21 Å². The van der Waals surface area contributed by atoms with Crippen molar-refractivity contribution in [3.63, 3.8) is 0 Å². The van der Waals surface area contributed by atoms with Gasteiger partial charge in [0.2, 0.25) is 15.9 Å². The van der Waals surface area contributed by atoms with E-state index in [0.717, 1.165) is 11.3 Å². The van der Waals surface area contributed by atoms with Gasteiger partial charge in [-0.2, -0.15) is 4.31 Å². The predicted molar refractivity (Wildman–Crippen MR) is 145 cm³/mol. The molecule has 0 bridgehead atoms. The molecule has 1 saturated heterocycles. The van der Waals surface area contributed by atoms with Gasteiger partial charge in [0.05, 0.1) is 11.4 Å². The van der Waals surface area contributed by atoms with E-state index in [1.54, 1.807) is 47.4 Å². The Balaban J connectivity index is 1.52. The minimum Gasteiger partial charge on any atom is -0.368 e. The molecule has 0 saturated carbocycles. The second-order valence-corrected chi connectivity index (χ2v) is 11.9. The molecule has 0 unspecified atom stereocenters. The Hall–Kier alpha value is -2.29. The van der Waals surface area contributed by atoms with Crippen molar-refractivity contribution < 1.29 is 13.2 Å². The van der Waals surface area contributed by atoms with Crippen molar-refractivity contribution in [1.29, 1.82) is 0 Å². The van der Waals surface area contributed by atoms with Crippen molar-refractivity contribution in [2.24, 2.45) is 0 Å². The number of benzene rings is 3. The molecule has 4 rings (SSSR count). The molecular formula is C26H26Cl3N3O3S. The number of rotatable bonds is 7. The van der Waals surface area contributed by atoms with Crippen LogP contribution in [0.1, 0.15) is 11.1 Å². The molecule has 0 atom stereocenters. The number of halogens is 3. The van der Waals surface area contributed by atoms with Crippen LogP contribution in [0.4, 0.5) is 5.69 Å². The zero-order chi connectivity index (χ0) is 25.9. The summed E-state index contributed by atoms with van der Waals surface area (Å²) in [5, 5.41) is 1.45. The standard InChI is InChI=1S/C26H26Cl3N3O3S/c1-19-5-9-24(10-6-19)36(34,35)32(17-20-7-8-22(28)16-25(20)29)18-26(33)31-13-11-30(12-14-31)23-4-2-3-21(27)15-23/h2-10,15-16H,11-14,17-18H2,1H3. The monoisotopic (exact) mass is 565 g/mol. The molecule has 0 radical (unpaired) electrons. The molecule has 1 aliphatic heterocycles. The van der Waals surface area contributed by atoms with Crippen molar-refractivity contribution in [3.8, 4) is 0 Å². The van der Waals surface area contributed by atoms with Crippen LogP contribution >= 0.6 is 34.8 Å². The maximum Gasteiger partial charge on any atom is 0.243 e. The number of hydrogen-bond acceptors (Lipinski definition) is 4. The van der Waals surface area contributed by atoms with E-state index < -0.39 is 10.0 Å². The van der Waals surface area contributed by atoms with Crippen LogP contribution in [0.3, 0.4) is 0 Å². The average molecular weight is 567 g/mol. The van der Waals surface area contributed by atoms with Gasteiger partial charge in [-0.3, -0.25) is 4.79 Å². The lowest BCUT2D eigenvalue weighted by Crippen LogP contribution is -2.51. The van der Waals surface area contributed by atoms with Gasteiger partial charge in [-0.1, -0.05) is 64.6 Å². The number of nitrogens with zero attached hydrogens (tertiary/aromatic N) is 3. The molecule has 1 aliphatic rings. The Morgan fingerprint density at radius 1 is 0.889 bits per heavy atom. The maximum atomic E-state index is 13.6. The van der Waals surface area contributed by atoms with Gasteiger partial charge in [0.1, 0.15) is 0 Å². The minimum atomic E-state index is -3.97. The van der Waals surface area contributed by atoms with E-state index in [-0.39, 0.29) is 23.9 Å². The Kier molecular flexibility index (Phi) is 8.48. The van der Waals surface area contributed by atoms with E-state index in [1.165, 1.54) is 4.31 Å². The Morgan fingerprint density at radius 2 is 1.56 bits per heavy atom. The Morgan fingerprint density at radius 3 is 2.19 bits per heavy atom. The number of hydrogen-bond donors (Lipinski definition) is 0. The molecule has 0 aromatic heterocycles. The fourth-order valence-electron chi connectivity index (χ4n) is 4.06. The topological polar surface area (TPSA) is 60.9 Å². The van der Waals surface area contributed by atoms with Crippen molar-refractivity contribution in [2.45, 2.75) is 18.4 Å². The lowest BCUT2D eigenvalue weighted by Gasteiger charge is -2.37. The normalized spacial score (nSPS) is 14.4. The number of anilines is 1. The summed E-state index contributed by atoms with van der Waals surface area (Å²) < 4.78 is 28.3. The third kappa shape index (κ3) is 6.33. The number of aryl methyl sites for hydroxylation is 1. The van der Waals surface area contributed by atoms with E-state index in [1.807, 2.05) is 31.2 Å². The molecular weight excluding hydrogens is 541 g/mol. The largest absolute Gasteiger partial charge is 0.368 e. The molecule has 0 N–H and O–H groups in total. The number of carbonyl (C=O) groups is 1. The van der Waals surface area contributed by atoms with Crippen LogP contribution in [-0.2, 0) is 21.4 Å². The number of amides is 1. The lowest BCUT2D eigenvalue weighted by atomic mass is 10.2. The molecule has 36 heavy (non-hydrogen) atoms. The quantitative estimate of drug-likeness (QED) is 0.379. The second kappa shape index (κ2) is 11.4. The average Bonchev–Trinajstić information content (AvgIpc) is 2.85. The van der Waals surface area contributed by atoms with Gasteiger partial charge in [0, 0.05) is 53.5 Å². The van der Waals surface area contributed by atoms with Crippen molar-refractivity contribution >= 4 is 56.4 Å². The van der Waals surface area contributed by atoms with E-state index in [9.17, 15) is 13.2 Å². The molecule has 0 aliphatic carbocycles. The number of sulfonamides is 1. The van der Waals surface area contributed by atoms with Crippen LogP contribution in [0.2, 0.25) is 15.1 Å². The van der Waals surface area contributed by atoms with E-state index in [0.29, 0.717) is 46.8 Å². The highest BCUT2D eigenvalue weighted by molar-refractivity contribution is 7.89. The zero-order valence-electron chi connectivity index (χ0n) is 19.7. The highest BCUT2D eigenvalue weighted by atomic mass is 35.5. The molecule has 1 heterocycles. The molecule has 190 valence electrons. The molecule has 1 amide bonds. The van der Waals surface area contributed by atoms with E-state index in [2.05, 4.69) is 4.90 Å². The van der Waals surface area contributed by atoms with Crippen LogP contribution < -0.4 is 4.90 Å². The number of carbonyl (C=O) groups excluding carboxylic acids is 1. The fourth-order valence-corrected chi connectivity index (χ4v) is 6.08. The van der Waals surface area contributed by atoms with Gasteiger partial charge < -0.3 is 9.80 Å². The van der Waals surface area contributed by atoms with Gasteiger partial charge in [-0.15, -0.1) is 0 Å². The lowest BCUT2D eigenvalue weighted by molar-refractivity contribution is -0.131. The summed E-state index contributed by atoms with van der Waals surface area (Å²) in [7, 11) is -3.97. The third-order valence-electron chi connectivity index (χ3n) is 6.14. The summed E-state index contributed by atoms with van der Waals surface area (Å²) >= 11 is 18.5. The molecule has 1 fully saturated rings. The van der Waals surface area contributed by atoms with Crippen LogP contribution in [-0.4, -0.2) is 56.3 Å². The first-order valence-electron chi connectivity index (χ1n) is 11.4. The fraction of sp³-hybridized carbons (Fsp3) is 0.269. The molecule has 10 heteroatoms. The molecule has 6 nitrogen and oxygen atoms in total. The van der Waals surface area contributed by atoms with Gasteiger partial charge in [-0.25, -0.2) is 8.42 Å². The SMILES string of the molecule is Cc1ccc(S(=O)(=O)N(CC(=O)N2CCN(c3cccc(Cl)c3)CC2)Cc2ccc(Cl)cc2Cl)cc1. The second-order valence-electron chi connectivity index (χ2n) is 8.67. The van der Waals surface area contributed by atoms with Crippen LogP contribution in [0.5, 0.6) is 0 Å². The molecule has 0 spiro atoms. The smallest absolute Gasteiger partial charge is 0.243 e.